The molecule has 1 aliphatic heterocycles. The van der Waals surface area contributed by atoms with Gasteiger partial charge >= 0.3 is 12.3 Å². The van der Waals surface area contributed by atoms with E-state index < -0.39 is 23.4 Å². The molecule has 1 heterocycles. The van der Waals surface area contributed by atoms with Gasteiger partial charge in [0, 0.05) is 18.8 Å². The average molecular weight is 446 g/mol. The van der Waals surface area contributed by atoms with Crippen LogP contribution >= 0.6 is 0 Å². The first-order valence-electron chi connectivity index (χ1n) is 10.1. The molecule has 170 valence electrons. The minimum absolute atomic E-state index is 0.0958. The number of fused-ring (bicyclic) bond motifs is 1. The van der Waals surface area contributed by atoms with Crippen LogP contribution in [0.5, 0.6) is 0 Å². The van der Waals surface area contributed by atoms with Crippen LogP contribution in [-0.2, 0) is 10.9 Å². The summed E-state index contributed by atoms with van der Waals surface area (Å²) in [5.41, 5.74) is 0.749. The summed E-state index contributed by atoms with van der Waals surface area (Å²) in [6, 6.07) is 14.2. The van der Waals surface area contributed by atoms with Crippen LogP contribution in [-0.4, -0.2) is 37.4 Å². The van der Waals surface area contributed by atoms with E-state index in [0.717, 1.165) is 23.5 Å². The first-order chi connectivity index (χ1) is 15.0. The largest absolute Gasteiger partial charge is 0.444 e. The Hall–Kier alpha value is -3.41. The van der Waals surface area contributed by atoms with Gasteiger partial charge in [0.1, 0.15) is 12.1 Å². The predicted molar refractivity (Wildman–Crippen MR) is 116 cm³/mol. The maximum atomic E-state index is 13.0. The van der Waals surface area contributed by atoms with Crippen LogP contribution in [0.25, 0.3) is 0 Å². The number of nitriles is 1. The Morgan fingerprint density at radius 1 is 1.12 bits per heavy atom. The number of anilines is 3. The number of nitrogens with one attached hydrogen (secondary N) is 1. The highest BCUT2D eigenvalue weighted by Crippen LogP contribution is 2.40. The van der Waals surface area contributed by atoms with Crippen LogP contribution in [0.2, 0.25) is 0 Å². The van der Waals surface area contributed by atoms with Crippen molar-refractivity contribution in [3.05, 3.63) is 54.1 Å². The van der Waals surface area contributed by atoms with E-state index in [1.807, 2.05) is 34.1 Å². The summed E-state index contributed by atoms with van der Waals surface area (Å²) in [5.74, 6) is 0. The lowest BCUT2D eigenvalue weighted by Crippen LogP contribution is -2.53. The summed E-state index contributed by atoms with van der Waals surface area (Å²) >= 11 is 0. The van der Waals surface area contributed by atoms with E-state index >= 15 is 0 Å². The zero-order valence-corrected chi connectivity index (χ0v) is 18.1. The lowest BCUT2D eigenvalue weighted by atomic mass is 10.0. The Morgan fingerprint density at radius 3 is 2.31 bits per heavy atom. The Balaban J connectivity index is 1.90. The first-order valence-corrected chi connectivity index (χ1v) is 10.1. The second kappa shape index (κ2) is 8.99. The number of carbonyl (C=O) groups excluding carboxylic acids is 1. The zero-order chi connectivity index (χ0) is 23.5. The number of amides is 1. The number of benzene rings is 2. The molecule has 0 fully saturated rings. The lowest BCUT2D eigenvalue weighted by Gasteiger charge is -2.43. The zero-order valence-electron chi connectivity index (χ0n) is 18.1. The highest BCUT2D eigenvalue weighted by molar-refractivity contribution is 5.80. The van der Waals surface area contributed by atoms with E-state index in [-0.39, 0.29) is 19.1 Å². The number of alkyl carbamates (subject to hydrolysis) is 1. The Morgan fingerprint density at radius 2 is 1.75 bits per heavy atom. The number of hydrogen-bond acceptors (Lipinski definition) is 5. The van der Waals surface area contributed by atoms with Crippen LogP contribution in [0.15, 0.2) is 48.5 Å². The molecule has 1 aliphatic rings. The van der Waals surface area contributed by atoms with Gasteiger partial charge in [-0.1, -0.05) is 12.1 Å². The Bertz CT molecular complexity index is 994. The summed E-state index contributed by atoms with van der Waals surface area (Å²) in [6.45, 7) is 5.94. The van der Waals surface area contributed by atoms with Gasteiger partial charge in [0.15, 0.2) is 0 Å². The molecule has 2 aromatic carbocycles. The van der Waals surface area contributed by atoms with Crippen molar-refractivity contribution >= 4 is 23.2 Å². The Kier molecular flexibility index (Phi) is 6.53. The predicted octanol–water partition coefficient (Wildman–Crippen LogP) is 5.08. The third-order valence-electron chi connectivity index (χ3n) is 4.94. The quantitative estimate of drug-likeness (QED) is 0.664. The highest BCUT2D eigenvalue weighted by atomic mass is 19.4. The van der Waals surface area contributed by atoms with Crippen molar-refractivity contribution < 1.29 is 22.7 Å². The molecular formula is C23H25F3N4O2. The second-order valence-corrected chi connectivity index (χ2v) is 8.47. The molecule has 9 heteroatoms. The third kappa shape index (κ3) is 5.44. The molecule has 0 saturated heterocycles. The molecule has 2 aromatic rings. The fourth-order valence-corrected chi connectivity index (χ4v) is 3.60. The van der Waals surface area contributed by atoms with Crippen molar-refractivity contribution in [3.63, 3.8) is 0 Å². The molecule has 1 unspecified atom stereocenters. The lowest BCUT2D eigenvalue weighted by molar-refractivity contribution is -0.137. The second-order valence-electron chi connectivity index (χ2n) is 8.47. The molecular weight excluding hydrogens is 421 g/mol. The number of rotatable bonds is 4. The molecule has 1 N–H and O–H groups in total. The van der Waals surface area contributed by atoms with Gasteiger partial charge in [0.25, 0.3) is 0 Å². The van der Waals surface area contributed by atoms with Gasteiger partial charge in [0.2, 0.25) is 0 Å². The summed E-state index contributed by atoms with van der Waals surface area (Å²) in [4.78, 5) is 15.9. The van der Waals surface area contributed by atoms with Crippen molar-refractivity contribution in [2.75, 3.05) is 29.4 Å². The summed E-state index contributed by atoms with van der Waals surface area (Å²) in [6.07, 6.45) is -4.99. The average Bonchev–Trinajstić information content (AvgIpc) is 2.71. The maximum absolute atomic E-state index is 13.0. The molecule has 0 spiro atoms. The van der Waals surface area contributed by atoms with E-state index in [2.05, 4.69) is 11.4 Å². The molecule has 0 saturated carbocycles. The number of ether oxygens (including phenoxy) is 1. The van der Waals surface area contributed by atoms with Crippen LogP contribution in [0.1, 0.15) is 26.3 Å². The van der Waals surface area contributed by atoms with Gasteiger partial charge in [0.05, 0.1) is 29.0 Å². The minimum Gasteiger partial charge on any atom is -0.444 e. The van der Waals surface area contributed by atoms with E-state index in [4.69, 9.17) is 4.74 Å². The van der Waals surface area contributed by atoms with Crippen molar-refractivity contribution in [1.29, 1.82) is 5.26 Å². The normalized spacial score (nSPS) is 16.2. The van der Waals surface area contributed by atoms with Crippen molar-refractivity contribution in [1.82, 2.24) is 5.32 Å². The first kappa shape index (κ1) is 23.3. The van der Waals surface area contributed by atoms with Crippen molar-refractivity contribution in [2.24, 2.45) is 0 Å². The van der Waals surface area contributed by atoms with Crippen LogP contribution in [0.4, 0.5) is 35.0 Å². The number of carbonyl (C=O) groups is 1. The number of nitrogens with zero attached hydrogens (tertiary/aromatic N) is 3. The van der Waals surface area contributed by atoms with E-state index in [9.17, 15) is 23.2 Å². The topological polar surface area (TPSA) is 68.6 Å². The third-order valence-corrected chi connectivity index (χ3v) is 4.94. The van der Waals surface area contributed by atoms with E-state index in [0.29, 0.717) is 12.2 Å². The van der Waals surface area contributed by atoms with E-state index in [1.54, 1.807) is 20.8 Å². The maximum Gasteiger partial charge on any atom is 0.416 e. The monoisotopic (exact) mass is 446 g/mol. The molecule has 0 aliphatic carbocycles. The summed E-state index contributed by atoms with van der Waals surface area (Å²) in [7, 11) is 0. The molecule has 0 aromatic heterocycles. The van der Waals surface area contributed by atoms with Crippen LogP contribution in [0.3, 0.4) is 0 Å². The smallest absolute Gasteiger partial charge is 0.416 e. The van der Waals surface area contributed by atoms with Crippen molar-refractivity contribution in [3.8, 4) is 6.07 Å². The van der Waals surface area contributed by atoms with Gasteiger partial charge < -0.3 is 19.9 Å². The van der Waals surface area contributed by atoms with Gasteiger partial charge in [-0.2, -0.15) is 18.4 Å². The standard InChI is InChI=1S/C23H25F3N4O2/c1-22(2,3)32-21(31)28-14-18-15-30(17-10-8-16(9-11-17)23(24,25)26)20-7-5-4-6-19(20)29(18)13-12-27/h4-11,18H,13-15H2,1-3H3,(H,28,31). The molecule has 3 rings (SSSR count). The minimum atomic E-state index is -4.41. The molecule has 1 atom stereocenters. The molecule has 1 amide bonds. The summed E-state index contributed by atoms with van der Waals surface area (Å²) in [5, 5.41) is 12.1. The Labute approximate surface area is 185 Å². The van der Waals surface area contributed by atoms with Crippen LogP contribution < -0.4 is 15.1 Å². The van der Waals surface area contributed by atoms with E-state index in [1.165, 1.54) is 12.1 Å². The fourth-order valence-electron chi connectivity index (χ4n) is 3.60. The summed E-state index contributed by atoms with van der Waals surface area (Å²) < 4.78 is 44.3. The molecule has 0 radical (unpaired) electrons. The number of hydrogen-bond donors (Lipinski definition) is 1. The van der Waals surface area contributed by atoms with Crippen LogP contribution in [0, 0.1) is 11.3 Å². The number of halogens is 3. The molecule has 0 bridgehead atoms. The molecule has 32 heavy (non-hydrogen) atoms. The SMILES string of the molecule is CC(C)(C)OC(=O)NCC1CN(c2ccc(C(F)(F)F)cc2)c2ccccc2N1CC#N. The number of alkyl halides is 3. The fraction of sp³-hybridized carbons (Fsp3) is 0.391. The van der Waals surface area contributed by atoms with Gasteiger partial charge in [-0.15, -0.1) is 0 Å². The highest BCUT2D eigenvalue weighted by Gasteiger charge is 2.33. The van der Waals surface area contributed by atoms with Gasteiger partial charge in [-0.05, 0) is 57.2 Å². The van der Waals surface area contributed by atoms with Gasteiger partial charge in [-0.3, -0.25) is 0 Å². The van der Waals surface area contributed by atoms with Gasteiger partial charge in [-0.25, -0.2) is 4.79 Å². The van der Waals surface area contributed by atoms with Crippen molar-refractivity contribution in [2.45, 2.75) is 38.6 Å². The number of para-hydroxylation sites is 2. The molecule has 6 nitrogen and oxygen atoms in total.